The number of carbonyl (C=O) groups is 1. The zero-order chi connectivity index (χ0) is 11.4. The van der Waals surface area contributed by atoms with E-state index >= 15 is 0 Å². The fraction of sp³-hybridized carbons (Fsp3) is 0.222. The smallest absolute Gasteiger partial charge is 0.269 e. The summed E-state index contributed by atoms with van der Waals surface area (Å²) in [5, 5.41) is 20.7. The number of nitro groups is 1. The van der Waals surface area contributed by atoms with Crippen LogP contribution >= 0.6 is 0 Å². The molecule has 80 valence electrons. The van der Waals surface area contributed by atoms with Crippen LogP contribution in [0, 0.1) is 10.1 Å². The van der Waals surface area contributed by atoms with Crippen LogP contribution in [0.3, 0.4) is 0 Å². The first kappa shape index (κ1) is 11.1. The molecule has 0 aliphatic heterocycles. The first-order valence-corrected chi connectivity index (χ1v) is 4.20. The third kappa shape index (κ3) is 3.03. The summed E-state index contributed by atoms with van der Waals surface area (Å²) in [6.45, 7) is 0. The molecule has 0 fully saturated rings. The van der Waals surface area contributed by atoms with Crippen LogP contribution in [0.15, 0.2) is 24.3 Å². The summed E-state index contributed by atoms with van der Waals surface area (Å²) in [6.07, 6.45) is 0.0975. The zero-order valence-corrected chi connectivity index (χ0v) is 7.75. The molecule has 0 aliphatic carbocycles. The van der Waals surface area contributed by atoms with E-state index in [1.54, 1.807) is 0 Å². The Morgan fingerprint density at radius 1 is 1.40 bits per heavy atom. The monoisotopic (exact) mass is 209 g/mol. The summed E-state index contributed by atoms with van der Waals surface area (Å²) in [5.41, 5.74) is 5.83. The molecule has 1 rings (SSSR count). The van der Waals surface area contributed by atoms with Crippen molar-refractivity contribution in [2.24, 2.45) is 5.73 Å². The largest absolute Gasteiger partial charge is 0.548 e. The van der Waals surface area contributed by atoms with Crippen molar-refractivity contribution in [3.05, 3.63) is 39.9 Å². The highest BCUT2D eigenvalue weighted by molar-refractivity contribution is 5.71. The van der Waals surface area contributed by atoms with Gasteiger partial charge >= 0.3 is 0 Å². The van der Waals surface area contributed by atoms with Crippen LogP contribution in [-0.2, 0) is 11.2 Å². The quantitative estimate of drug-likeness (QED) is 0.516. The highest BCUT2D eigenvalue weighted by atomic mass is 16.6. The van der Waals surface area contributed by atoms with Gasteiger partial charge in [0.05, 0.1) is 10.9 Å². The molecule has 0 amide bonds. The maximum atomic E-state index is 10.3. The summed E-state index contributed by atoms with van der Waals surface area (Å²) in [6, 6.07) is 4.46. The van der Waals surface area contributed by atoms with Gasteiger partial charge in [-0.3, -0.25) is 10.1 Å². The maximum Gasteiger partial charge on any atom is 0.269 e. The number of nitrogens with two attached hydrogens (primary N) is 1. The minimum atomic E-state index is -1.34. The van der Waals surface area contributed by atoms with Crippen molar-refractivity contribution in [3.63, 3.8) is 0 Å². The van der Waals surface area contributed by atoms with Crippen molar-refractivity contribution in [1.82, 2.24) is 0 Å². The van der Waals surface area contributed by atoms with Crippen LogP contribution in [0.2, 0.25) is 0 Å². The van der Waals surface area contributed by atoms with E-state index in [9.17, 15) is 20.0 Å². The molecule has 6 heteroatoms. The minimum absolute atomic E-state index is 0.0410. The number of hydrogen-bond donors (Lipinski definition) is 1. The highest BCUT2D eigenvalue weighted by Crippen LogP contribution is 2.12. The second-order valence-corrected chi connectivity index (χ2v) is 3.05. The van der Waals surface area contributed by atoms with Gasteiger partial charge in [-0.15, -0.1) is 0 Å². The van der Waals surface area contributed by atoms with Crippen molar-refractivity contribution < 1.29 is 14.8 Å². The molecular weight excluding hydrogens is 200 g/mol. The summed E-state index contributed by atoms with van der Waals surface area (Å²) in [7, 11) is 0. The van der Waals surface area contributed by atoms with Gasteiger partial charge in [-0.25, -0.2) is 0 Å². The Labute approximate surface area is 85.5 Å². The topological polar surface area (TPSA) is 109 Å². The number of carboxylic acid groups (broad SMARTS) is 1. The molecule has 0 saturated heterocycles. The number of benzene rings is 1. The van der Waals surface area contributed by atoms with Crippen molar-refractivity contribution in [2.45, 2.75) is 12.5 Å². The van der Waals surface area contributed by atoms with E-state index in [4.69, 9.17) is 5.73 Å². The Morgan fingerprint density at radius 2 is 1.93 bits per heavy atom. The first-order valence-electron chi connectivity index (χ1n) is 4.20. The van der Waals surface area contributed by atoms with Crippen molar-refractivity contribution in [1.29, 1.82) is 0 Å². The number of carboxylic acids is 1. The lowest BCUT2D eigenvalue weighted by molar-refractivity contribution is -0.384. The molecule has 0 saturated carbocycles. The van der Waals surface area contributed by atoms with E-state index in [0.717, 1.165) is 0 Å². The fourth-order valence-electron chi connectivity index (χ4n) is 1.09. The van der Waals surface area contributed by atoms with E-state index < -0.39 is 16.9 Å². The predicted molar refractivity (Wildman–Crippen MR) is 49.8 cm³/mol. The van der Waals surface area contributed by atoms with Crippen LogP contribution in [0.1, 0.15) is 5.56 Å². The molecule has 0 aromatic heterocycles. The van der Waals surface area contributed by atoms with Crippen LogP contribution in [0.25, 0.3) is 0 Å². The lowest BCUT2D eigenvalue weighted by Gasteiger charge is -2.11. The average Bonchev–Trinajstić information content (AvgIpc) is 2.18. The molecule has 0 aliphatic rings. The van der Waals surface area contributed by atoms with Gasteiger partial charge in [-0.05, 0) is 12.0 Å². The van der Waals surface area contributed by atoms with E-state index in [1.807, 2.05) is 0 Å². The molecular formula is C9H9N2O4-. The van der Waals surface area contributed by atoms with Gasteiger partial charge in [-0.2, -0.15) is 0 Å². The maximum absolute atomic E-state index is 10.3. The lowest BCUT2D eigenvalue weighted by Crippen LogP contribution is -2.43. The average molecular weight is 209 g/mol. The molecule has 0 bridgehead atoms. The molecule has 0 unspecified atom stereocenters. The second-order valence-electron chi connectivity index (χ2n) is 3.05. The van der Waals surface area contributed by atoms with Gasteiger partial charge in [0.25, 0.3) is 5.69 Å². The summed E-state index contributed by atoms with van der Waals surface area (Å²) >= 11 is 0. The minimum Gasteiger partial charge on any atom is -0.548 e. The normalized spacial score (nSPS) is 12.1. The second kappa shape index (κ2) is 4.52. The van der Waals surface area contributed by atoms with Crippen molar-refractivity contribution in [2.75, 3.05) is 0 Å². The third-order valence-corrected chi connectivity index (χ3v) is 1.91. The van der Waals surface area contributed by atoms with Crippen LogP contribution < -0.4 is 10.8 Å². The van der Waals surface area contributed by atoms with Gasteiger partial charge in [0.1, 0.15) is 0 Å². The molecule has 0 spiro atoms. The Bertz CT molecular complexity index is 374. The van der Waals surface area contributed by atoms with Gasteiger partial charge in [-0.1, -0.05) is 12.1 Å². The van der Waals surface area contributed by atoms with Gasteiger partial charge in [0.15, 0.2) is 0 Å². The van der Waals surface area contributed by atoms with Crippen LogP contribution in [0.4, 0.5) is 5.69 Å². The SMILES string of the molecule is N[C@@H](Cc1ccc([N+](=O)[O-])cc1)C(=O)[O-]. The van der Waals surface area contributed by atoms with Gasteiger partial charge < -0.3 is 15.6 Å². The van der Waals surface area contributed by atoms with Gasteiger partial charge in [0, 0.05) is 18.2 Å². The standard InChI is InChI=1S/C9H10N2O4/c10-8(9(12)13)5-6-1-3-7(4-2-6)11(14)15/h1-4,8H,5,10H2,(H,12,13)/p-1/t8-/m0/s1. The summed E-state index contributed by atoms with van der Waals surface area (Å²) < 4.78 is 0. The van der Waals surface area contributed by atoms with E-state index in [-0.39, 0.29) is 12.1 Å². The van der Waals surface area contributed by atoms with E-state index in [0.29, 0.717) is 5.56 Å². The zero-order valence-electron chi connectivity index (χ0n) is 7.75. The number of carbonyl (C=O) groups excluding carboxylic acids is 1. The number of aliphatic carboxylic acids is 1. The van der Waals surface area contributed by atoms with Crippen molar-refractivity contribution in [3.8, 4) is 0 Å². The number of nitro benzene ring substituents is 1. The summed E-state index contributed by atoms with van der Waals surface area (Å²) in [4.78, 5) is 20.1. The molecule has 0 heterocycles. The third-order valence-electron chi connectivity index (χ3n) is 1.91. The van der Waals surface area contributed by atoms with E-state index in [1.165, 1.54) is 24.3 Å². The van der Waals surface area contributed by atoms with Crippen molar-refractivity contribution >= 4 is 11.7 Å². The molecule has 15 heavy (non-hydrogen) atoms. The number of nitrogens with zero attached hydrogens (tertiary/aromatic N) is 1. The van der Waals surface area contributed by atoms with Crippen LogP contribution in [-0.4, -0.2) is 16.9 Å². The predicted octanol–water partition coefficient (Wildman–Crippen LogP) is -0.786. The summed E-state index contributed by atoms with van der Waals surface area (Å²) in [5.74, 6) is -1.34. The first-order chi connectivity index (χ1) is 7.00. The Balaban J connectivity index is 2.72. The van der Waals surface area contributed by atoms with Crippen LogP contribution in [0.5, 0.6) is 0 Å². The van der Waals surface area contributed by atoms with Gasteiger partial charge in [0.2, 0.25) is 0 Å². The molecule has 6 nitrogen and oxygen atoms in total. The number of rotatable bonds is 4. The molecule has 2 N–H and O–H groups in total. The highest BCUT2D eigenvalue weighted by Gasteiger charge is 2.07. The molecule has 1 aromatic carbocycles. The Hall–Kier alpha value is -1.95. The fourth-order valence-corrected chi connectivity index (χ4v) is 1.09. The lowest BCUT2D eigenvalue weighted by atomic mass is 10.1. The molecule has 1 aromatic rings. The number of hydrogen-bond acceptors (Lipinski definition) is 5. The molecule has 0 radical (unpaired) electrons. The Morgan fingerprint density at radius 3 is 2.33 bits per heavy atom. The molecule has 1 atom stereocenters. The Kier molecular flexibility index (Phi) is 3.35. The van der Waals surface area contributed by atoms with E-state index in [2.05, 4.69) is 0 Å². The number of non-ortho nitro benzene ring substituents is 1.